The van der Waals surface area contributed by atoms with Crippen LogP contribution in [0.5, 0.6) is 0 Å². The van der Waals surface area contributed by atoms with Crippen LogP contribution in [0, 0.1) is 11.6 Å². The number of carbonyl (C=O) groups is 2. The summed E-state index contributed by atoms with van der Waals surface area (Å²) in [4.78, 5) is 30.5. The average molecular weight is 455 g/mol. The fourth-order valence-corrected chi connectivity index (χ4v) is 3.55. The summed E-state index contributed by atoms with van der Waals surface area (Å²) in [6.07, 6.45) is 3.91. The monoisotopic (exact) mass is 455 g/mol. The molecular formula is C23H23F2N5O3. The number of anilines is 3. The van der Waals surface area contributed by atoms with Crippen molar-refractivity contribution >= 4 is 28.9 Å². The van der Waals surface area contributed by atoms with Gasteiger partial charge in [0, 0.05) is 17.3 Å². The first-order valence-corrected chi connectivity index (χ1v) is 10.4. The van der Waals surface area contributed by atoms with Gasteiger partial charge in [0.05, 0.1) is 5.69 Å². The van der Waals surface area contributed by atoms with E-state index < -0.39 is 23.2 Å². The molecule has 1 aliphatic heterocycles. The number of halogens is 2. The maximum Gasteiger partial charge on any atom is 0.277 e. The van der Waals surface area contributed by atoms with Gasteiger partial charge in [-0.25, -0.2) is 13.8 Å². The van der Waals surface area contributed by atoms with Gasteiger partial charge in [0.15, 0.2) is 17.9 Å². The lowest BCUT2D eigenvalue weighted by Crippen LogP contribution is -2.43. The van der Waals surface area contributed by atoms with Crippen molar-refractivity contribution in [3.05, 3.63) is 71.9 Å². The number of hydrogen-bond acceptors (Lipinski definition) is 6. The Balaban J connectivity index is 1.42. The van der Waals surface area contributed by atoms with Gasteiger partial charge in [0.2, 0.25) is 0 Å². The minimum absolute atomic E-state index is 0.0459. The molecule has 0 unspecified atom stereocenters. The van der Waals surface area contributed by atoms with E-state index in [-0.39, 0.29) is 23.3 Å². The Bertz CT molecular complexity index is 1130. The third kappa shape index (κ3) is 5.35. The van der Waals surface area contributed by atoms with Gasteiger partial charge in [-0.15, -0.1) is 0 Å². The van der Waals surface area contributed by atoms with E-state index in [4.69, 9.17) is 4.42 Å². The van der Waals surface area contributed by atoms with Gasteiger partial charge in [-0.3, -0.25) is 9.59 Å². The molecule has 2 amide bonds. The second kappa shape index (κ2) is 9.78. The third-order valence-corrected chi connectivity index (χ3v) is 5.47. The maximum absolute atomic E-state index is 14.9. The standard InChI is InChI=1S/C23H23F2N5O3/c1-30-10-8-16(9-11-30)28-22(31)14-2-4-15(5-3-14)27-18-7-6-17(24)21(20(18)25)29-23(32)19-12-33-13-26-19/h2-7,12-13,16,27H,8-11H2,1H3,(H,28,31)(H,29,32). The fourth-order valence-electron chi connectivity index (χ4n) is 3.55. The van der Waals surface area contributed by atoms with Crippen LogP contribution in [0.15, 0.2) is 53.5 Å². The van der Waals surface area contributed by atoms with Crippen LogP contribution in [0.4, 0.5) is 25.8 Å². The van der Waals surface area contributed by atoms with Crippen molar-refractivity contribution in [3.63, 3.8) is 0 Å². The molecule has 1 fully saturated rings. The highest BCUT2D eigenvalue weighted by molar-refractivity contribution is 6.03. The fraction of sp³-hybridized carbons (Fsp3) is 0.261. The van der Waals surface area contributed by atoms with Crippen molar-refractivity contribution in [2.45, 2.75) is 18.9 Å². The first kappa shape index (κ1) is 22.4. The molecule has 33 heavy (non-hydrogen) atoms. The number of benzene rings is 2. The van der Waals surface area contributed by atoms with Crippen LogP contribution in [-0.4, -0.2) is 47.9 Å². The molecule has 2 aromatic carbocycles. The molecule has 3 aromatic rings. The molecule has 10 heteroatoms. The minimum Gasteiger partial charge on any atom is -0.451 e. The van der Waals surface area contributed by atoms with Crippen LogP contribution in [0.3, 0.4) is 0 Å². The number of carbonyl (C=O) groups excluding carboxylic acids is 2. The first-order valence-electron chi connectivity index (χ1n) is 10.4. The van der Waals surface area contributed by atoms with E-state index >= 15 is 0 Å². The molecule has 0 bridgehead atoms. The van der Waals surface area contributed by atoms with Gasteiger partial charge in [0.1, 0.15) is 17.8 Å². The molecule has 3 N–H and O–H groups in total. The molecular weight excluding hydrogens is 432 g/mol. The van der Waals surface area contributed by atoms with Crippen LogP contribution in [0.25, 0.3) is 0 Å². The summed E-state index contributed by atoms with van der Waals surface area (Å²) in [5, 5.41) is 8.04. The number of rotatable bonds is 6. The van der Waals surface area contributed by atoms with E-state index in [0.717, 1.165) is 44.7 Å². The van der Waals surface area contributed by atoms with E-state index in [2.05, 4.69) is 32.9 Å². The molecule has 2 heterocycles. The highest BCUT2D eigenvalue weighted by atomic mass is 19.1. The minimum atomic E-state index is -0.976. The summed E-state index contributed by atoms with van der Waals surface area (Å²) < 4.78 is 33.7. The lowest BCUT2D eigenvalue weighted by atomic mass is 10.0. The Morgan fingerprint density at radius 3 is 2.45 bits per heavy atom. The predicted molar refractivity (Wildman–Crippen MR) is 119 cm³/mol. The molecule has 1 saturated heterocycles. The van der Waals surface area contributed by atoms with Crippen LogP contribution >= 0.6 is 0 Å². The lowest BCUT2D eigenvalue weighted by Gasteiger charge is -2.29. The number of aromatic nitrogens is 1. The zero-order valence-electron chi connectivity index (χ0n) is 17.9. The Hall–Kier alpha value is -3.79. The van der Waals surface area contributed by atoms with E-state index in [1.807, 2.05) is 0 Å². The molecule has 0 aliphatic carbocycles. The summed E-state index contributed by atoms with van der Waals surface area (Å²) >= 11 is 0. The molecule has 0 saturated carbocycles. The summed E-state index contributed by atoms with van der Waals surface area (Å²) in [7, 11) is 2.06. The predicted octanol–water partition coefficient (Wildman–Crippen LogP) is 3.77. The van der Waals surface area contributed by atoms with E-state index in [9.17, 15) is 18.4 Å². The SMILES string of the molecule is CN1CCC(NC(=O)c2ccc(Nc3ccc(F)c(NC(=O)c4cocn4)c3F)cc2)CC1. The van der Waals surface area contributed by atoms with Crippen LogP contribution < -0.4 is 16.0 Å². The molecule has 172 valence electrons. The van der Waals surface area contributed by atoms with E-state index in [1.165, 1.54) is 6.07 Å². The summed E-state index contributed by atoms with van der Waals surface area (Å²) in [5.74, 6) is -2.88. The number of oxazole rings is 1. The molecule has 0 radical (unpaired) electrons. The van der Waals surface area contributed by atoms with Gasteiger partial charge < -0.3 is 25.3 Å². The smallest absolute Gasteiger partial charge is 0.277 e. The van der Waals surface area contributed by atoms with E-state index in [1.54, 1.807) is 24.3 Å². The highest BCUT2D eigenvalue weighted by Gasteiger charge is 2.20. The zero-order valence-corrected chi connectivity index (χ0v) is 17.9. The van der Waals surface area contributed by atoms with Crippen LogP contribution in [0.2, 0.25) is 0 Å². The van der Waals surface area contributed by atoms with Gasteiger partial charge in [-0.2, -0.15) is 0 Å². The average Bonchev–Trinajstić information content (AvgIpc) is 3.36. The first-order chi connectivity index (χ1) is 15.9. The molecule has 1 aromatic heterocycles. The second-order valence-electron chi connectivity index (χ2n) is 7.87. The Morgan fingerprint density at radius 1 is 1.06 bits per heavy atom. The Kier molecular flexibility index (Phi) is 6.64. The highest BCUT2D eigenvalue weighted by Crippen LogP contribution is 2.29. The van der Waals surface area contributed by atoms with Crippen molar-refractivity contribution < 1.29 is 22.8 Å². The Labute approximate surface area is 189 Å². The number of nitrogens with one attached hydrogen (secondary N) is 3. The number of hydrogen-bond donors (Lipinski definition) is 3. The van der Waals surface area contributed by atoms with Crippen LogP contribution in [0.1, 0.15) is 33.7 Å². The summed E-state index contributed by atoms with van der Waals surface area (Å²) in [6, 6.07) is 8.90. The summed E-state index contributed by atoms with van der Waals surface area (Å²) in [6.45, 7) is 1.89. The topological polar surface area (TPSA) is 99.5 Å². The van der Waals surface area contributed by atoms with Gasteiger partial charge in [-0.1, -0.05) is 0 Å². The zero-order chi connectivity index (χ0) is 23.4. The number of piperidine rings is 1. The number of amides is 2. The van der Waals surface area contributed by atoms with E-state index in [0.29, 0.717) is 11.3 Å². The number of nitrogens with zero attached hydrogens (tertiary/aromatic N) is 2. The van der Waals surface area contributed by atoms with Gasteiger partial charge >= 0.3 is 0 Å². The number of likely N-dealkylation sites (tertiary alicyclic amines) is 1. The van der Waals surface area contributed by atoms with Crippen molar-refractivity contribution in [1.82, 2.24) is 15.2 Å². The lowest BCUT2D eigenvalue weighted by molar-refractivity contribution is 0.0916. The van der Waals surface area contributed by atoms with Gasteiger partial charge in [-0.05, 0) is 69.4 Å². The van der Waals surface area contributed by atoms with Crippen molar-refractivity contribution in [2.24, 2.45) is 0 Å². The second-order valence-corrected chi connectivity index (χ2v) is 7.87. The maximum atomic E-state index is 14.9. The molecule has 8 nitrogen and oxygen atoms in total. The molecule has 4 rings (SSSR count). The van der Waals surface area contributed by atoms with Crippen LogP contribution in [-0.2, 0) is 0 Å². The quantitative estimate of drug-likeness (QED) is 0.523. The van der Waals surface area contributed by atoms with Crippen molar-refractivity contribution in [3.8, 4) is 0 Å². The van der Waals surface area contributed by atoms with Crippen molar-refractivity contribution in [2.75, 3.05) is 30.8 Å². The molecule has 0 spiro atoms. The molecule has 1 aliphatic rings. The van der Waals surface area contributed by atoms with Gasteiger partial charge in [0.25, 0.3) is 11.8 Å². The third-order valence-electron chi connectivity index (χ3n) is 5.47. The molecule has 0 atom stereocenters. The van der Waals surface area contributed by atoms with Crippen molar-refractivity contribution in [1.29, 1.82) is 0 Å². The largest absolute Gasteiger partial charge is 0.451 e. The summed E-state index contributed by atoms with van der Waals surface area (Å²) in [5.41, 5.74) is 0.212. The normalized spacial score (nSPS) is 14.6. The Morgan fingerprint density at radius 2 is 1.79 bits per heavy atom.